The normalized spacial score (nSPS) is 12.7. The molecule has 1 aliphatic rings. The van der Waals surface area contributed by atoms with Crippen molar-refractivity contribution < 1.29 is 0 Å². The van der Waals surface area contributed by atoms with Crippen LogP contribution < -0.4 is 0 Å². The lowest BCUT2D eigenvalue weighted by Gasteiger charge is -2.18. The molecular weight excluding hydrogens is 655 g/mol. The van der Waals surface area contributed by atoms with Crippen molar-refractivity contribution in [1.29, 1.82) is 0 Å². The van der Waals surface area contributed by atoms with Crippen LogP contribution >= 0.6 is 0 Å². The van der Waals surface area contributed by atoms with Crippen LogP contribution in [-0.4, -0.2) is 15.0 Å². The minimum absolute atomic E-state index is 0.716. The molecule has 2 heterocycles. The van der Waals surface area contributed by atoms with Crippen LogP contribution in [0.25, 0.3) is 93.9 Å². The molecule has 254 valence electrons. The van der Waals surface area contributed by atoms with Gasteiger partial charge in [0.25, 0.3) is 0 Å². The number of nitrogens with zero attached hydrogens (tertiary/aromatic N) is 3. The minimum Gasteiger partial charge on any atom is -0.264 e. The monoisotopic (exact) mass is 689 g/mol. The molecule has 0 bridgehead atoms. The molecule has 7 aromatic carbocycles. The van der Waals surface area contributed by atoms with Crippen LogP contribution in [0, 0.1) is 0 Å². The topological polar surface area (TPSA) is 38.7 Å². The van der Waals surface area contributed by atoms with Crippen molar-refractivity contribution in [2.45, 2.75) is 12.8 Å². The molecule has 0 amide bonds. The van der Waals surface area contributed by atoms with Gasteiger partial charge in [0, 0.05) is 29.1 Å². The highest BCUT2D eigenvalue weighted by Crippen LogP contribution is 2.44. The molecule has 2 aromatic heterocycles. The Bertz CT molecular complexity index is 2880. The van der Waals surface area contributed by atoms with Crippen LogP contribution in [0.1, 0.15) is 18.5 Å². The van der Waals surface area contributed by atoms with Gasteiger partial charge in [0.1, 0.15) is 0 Å². The molecule has 0 saturated heterocycles. The number of hydrogen-bond donors (Lipinski definition) is 0. The van der Waals surface area contributed by atoms with Crippen LogP contribution in [0.4, 0.5) is 0 Å². The summed E-state index contributed by atoms with van der Waals surface area (Å²) in [6, 6.07) is 56.7. The first-order valence-corrected chi connectivity index (χ1v) is 18.6. The second kappa shape index (κ2) is 13.5. The molecule has 0 saturated carbocycles. The van der Waals surface area contributed by atoms with Crippen molar-refractivity contribution in [3.8, 4) is 56.0 Å². The Morgan fingerprint density at radius 1 is 0.426 bits per heavy atom. The molecule has 0 unspecified atom stereocenters. The van der Waals surface area contributed by atoms with Gasteiger partial charge in [-0.05, 0) is 109 Å². The van der Waals surface area contributed by atoms with E-state index >= 15 is 0 Å². The second-order valence-electron chi connectivity index (χ2n) is 13.9. The first kappa shape index (κ1) is 31.7. The molecule has 0 spiro atoms. The van der Waals surface area contributed by atoms with E-state index < -0.39 is 0 Å². The summed E-state index contributed by atoms with van der Waals surface area (Å²) in [5, 5.41) is 7.40. The number of fused-ring (bicyclic) bond motifs is 3. The quantitative estimate of drug-likeness (QED) is 0.163. The average molecular weight is 690 g/mol. The van der Waals surface area contributed by atoms with Crippen LogP contribution in [-0.2, 0) is 0 Å². The van der Waals surface area contributed by atoms with Gasteiger partial charge in [-0.25, -0.2) is 9.97 Å². The third-order valence-electron chi connectivity index (χ3n) is 10.6. The molecule has 0 N–H and O–H groups in total. The lowest BCUT2D eigenvalue weighted by molar-refractivity contribution is 1.03. The zero-order chi connectivity index (χ0) is 35.8. The summed E-state index contributed by atoms with van der Waals surface area (Å²) in [6.45, 7) is 0. The van der Waals surface area contributed by atoms with Crippen LogP contribution in [0.5, 0.6) is 0 Å². The van der Waals surface area contributed by atoms with E-state index in [1.54, 1.807) is 0 Å². The molecule has 0 fully saturated rings. The van der Waals surface area contributed by atoms with Gasteiger partial charge in [-0.2, -0.15) is 0 Å². The van der Waals surface area contributed by atoms with Crippen molar-refractivity contribution >= 4 is 37.9 Å². The van der Waals surface area contributed by atoms with E-state index in [9.17, 15) is 0 Å². The summed E-state index contributed by atoms with van der Waals surface area (Å²) < 4.78 is 0. The van der Waals surface area contributed by atoms with E-state index in [2.05, 4.69) is 175 Å². The largest absolute Gasteiger partial charge is 0.264 e. The zero-order valence-corrected chi connectivity index (χ0v) is 29.7. The number of aromatic nitrogens is 3. The highest BCUT2D eigenvalue weighted by Gasteiger charge is 2.19. The molecule has 0 radical (unpaired) electrons. The SMILES string of the molecule is C1=CCCC(c2cc(-c3cccc(-c4cccnc4)c3)nc(-c3cccc(-c4c5ccccc5c(-c5ccc6ccccc6c5)c5ccccc45)c3)n2)=C1. The van der Waals surface area contributed by atoms with E-state index in [4.69, 9.17) is 9.97 Å². The fraction of sp³-hybridized carbons (Fsp3) is 0.0392. The number of hydrogen-bond acceptors (Lipinski definition) is 3. The molecule has 1 aliphatic carbocycles. The smallest absolute Gasteiger partial charge is 0.160 e. The summed E-state index contributed by atoms with van der Waals surface area (Å²) in [7, 11) is 0. The van der Waals surface area contributed by atoms with E-state index in [1.165, 1.54) is 54.6 Å². The Kier molecular flexibility index (Phi) is 7.96. The molecule has 54 heavy (non-hydrogen) atoms. The van der Waals surface area contributed by atoms with E-state index in [0.29, 0.717) is 5.82 Å². The van der Waals surface area contributed by atoms with Gasteiger partial charge < -0.3 is 0 Å². The van der Waals surface area contributed by atoms with Gasteiger partial charge in [0.2, 0.25) is 0 Å². The second-order valence-corrected chi connectivity index (χ2v) is 13.9. The summed E-state index contributed by atoms with van der Waals surface area (Å²) in [6.07, 6.45) is 12.2. The molecule has 10 rings (SSSR count). The molecule has 9 aromatic rings. The van der Waals surface area contributed by atoms with Gasteiger partial charge in [-0.3, -0.25) is 4.98 Å². The number of pyridine rings is 1. The van der Waals surface area contributed by atoms with E-state index in [1.807, 2.05) is 18.5 Å². The Hall–Kier alpha value is -6.97. The van der Waals surface area contributed by atoms with Crippen LogP contribution in [0.2, 0.25) is 0 Å². The Balaban J connectivity index is 1.15. The van der Waals surface area contributed by atoms with Crippen molar-refractivity contribution in [1.82, 2.24) is 15.0 Å². The summed E-state index contributed by atoms with van der Waals surface area (Å²) in [5.41, 5.74) is 12.1. The number of rotatable bonds is 6. The van der Waals surface area contributed by atoms with Gasteiger partial charge in [-0.1, -0.05) is 146 Å². The zero-order valence-electron chi connectivity index (χ0n) is 29.7. The fourth-order valence-electron chi connectivity index (χ4n) is 8.01. The summed E-state index contributed by atoms with van der Waals surface area (Å²) in [5.74, 6) is 0.716. The van der Waals surface area contributed by atoms with Crippen LogP contribution in [0.3, 0.4) is 0 Å². The third kappa shape index (κ3) is 5.77. The molecular formula is C51H35N3. The third-order valence-corrected chi connectivity index (χ3v) is 10.6. The van der Waals surface area contributed by atoms with Crippen LogP contribution in [0.15, 0.2) is 188 Å². The first-order valence-electron chi connectivity index (χ1n) is 18.6. The Morgan fingerprint density at radius 2 is 1.04 bits per heavy atom. The summed E-state index contributed by atoms with van der Waals surface area (Å²) in [4.78, 5) is 14.9. The van der Waals surface area contributed by atoms with Crippen molar-refractivity contribution in [2.24, 2.45) is 0 Å². The van der Waals surface area contributed by atoms with Crippen molar-refractivity contribution in [3.05, 3.63) is 194 Å². The average Bonchev–Trinajstić information content (AvgIpc) is 3.26. The van der Waals surface area contributed by atoms with Gasteiger partial charge in [-0.15, -0.1) is 0 Å². The molecule has 3 heteroatoms. The lowest BCUT2D eigenvalue weighted by atomic mass is 9.85. The standard InChI is InChI=1S/C51H35N3/c1-2-14-35(15-3-1)47-32-48(38-18-10-17-37(29-38)42-21-12-28-52-33-42)54-51(53-47)41-20-11-19-39(31-41)49-43-22-6-8-24-45(43)50(46-25-9-7-23-44(46)49)40-27-26-34-13-4-5-16-36(34)30-40/h1-2,4-14,16-33H,3,15H2. The maximum atomic E-state index is 5.27. The Morgan fingerprint density at radius 3 is 1.74 bits per heavy atom. The fourth-order valence-corrected chi connectivity index (χ4v) is 8.01. The lowest BCUT2D eigenvalue weighted by Crippen LogP contribution is -2.00. The molecule has 0 atom stereocenters. The van der Waals surface area contributed by atoms with Gasteiger partial charge in [0.05, 0.1) is 11.4 Å². The highest BCUT2D eigenvalue weighted by atomic mass is 14.9. The maximum absolute atomic E-state index is 5.27. The highest BCUT2D eigenvalue weighted by molar-refractivity contribution is 6.21. The predicted octanol–water partition coefficient (Wildman–Crippen LogP) is 13.4. The van der Waals surface area contributed by atoms with Gasteiger partial charge >= 0.3 is 0 Å². The van der Waals surface area contributed by atoms with E-state index in [0.717, 1.165) is 52.0 Å². The number of allylic oxidation sites excluding steroid dienone is 4. The maximum Gasteiger partial charge on any atom is 0.160 e. The molecule has 3 nitrogen and oxygen atoms in total. The van der Waals surface area contributed by atoms with Gasteiger partial charge in [0.15, 0.2) is 5.82 Å². The minimum atomic E-state index is 0.716. The van der Waals surface area contributed by atoms with Crippen molar-refractivity contribution in [2.75, 3.05) is 0 Å². The van der Waals surface area contributed by atoms with E-state index in [-0.39, 0.29) is 0 Å². The molecule has 0 aliphatic heterocycles. The summed E-state index contributed by atoms with van der Waals surface area (Å²) >= 11 is 0. The first-order chi connectivity index (χ1) is 26.8. The van der Waals surface area contributed by atoms with Crippen molar-refractivity contribution in [3.63, 3.8) is 0 Å². The predicted molar refractivity (Wildman–Crippen MR) is 226 cm³/mol. The Labute approximate surface area is 314 Å². The number of benzene rings is 7.